The van der Waals surface area contributed by atoms with Crippen molar-refractivity contribution in [3.63, 3.8) is 0 Å². The number of benzene rings is 1. The molecule has 1 aromatic rings. The van der Waals surface area contributed by atoms with Gasteiger partial charge >= 0.3 is 47.6 Å². The first-order valence-corrected chi connectivity index (χ1v) is 17.7. The molecular formula is C32H35F17N2O2S. The summed E-state index contributed by atoms with van der Waals surface area (Å²) >= 11 is 0.0985. The second kappa shape index (κ2) is 15.7. The van der Waals surface area contributed by atoms with Gasteiger partial charge in [-0.3, -0.25) is 9.59 Å². The summed E-state index contributed by atoms with van der Waals surface area (Å²) in [6.45, 7) is 4.15. The number of rotatable bonds is 20. The Morgan fingerprint density at radius 1 is 0.593 bits per heavy atom. The van der Waals surface area contributed by atoms with Crippen molar-refractivity contribution in [1.29, 1.82) is 0 Å². The second-order valence-electron chi connectivity index (χ2n) is 13.0. The molecule has 0 spiro atoms. The number of amides is 2. The number of carbonyl (C=O) groups excluding carboxylic acids is 2. The van der Waals surface area contributed by atoms with Crippen LogP contribution in [0.5, 0.6) is 0 Å². The van der Waals surface area contributed by atoms with E-state index in [1.165, 1.54) is 21.9 Å². The summed E-state index contributed by atoms with van der Waals surface area (Å²) in [5, 5.41) is -1.55. The minimum Gasteiger partial charge on any atom is -0.312 e. The number of anilines is 2. The molecule has 22 heteroatoms. The van der Waals surface area contributed by atoms with E-state index in [0.29, 0.717) is 30.5 Å². The molecule has 1 aromatic carbocycles. The Bertz CT molecular complexity index is 1520. The van der Waals surface area contributed by atoms with E-state index in [4.69, 9.17) is 0 Å². The maximum atomic E-state index is 14.7. The van der Waals surface area contributed by atoms with Crippen molar-refractivity contribution in [2.45, 2.75) is 131 Å². The van der Waals surface area contributed by atoms with Gasteiger partial charge in [0.05, 0.1) is 6.42 Å². The first-order valence-electron chi connectivity index (χ1n) is 16.6. The van der Waals surface area contributed by atoms with E-state index in [0.717, 1.165) is 32.1 Å². The highest BCUT2D eigenvalue weighted by molar-refractivity contribution is 8.00. The first-order chi connectivity index (χ1) is 24.5. The maximum Gasteiger partial charge on any atom is 0.460 e. The van der Waals surface area contributed by atoms with E-state index in [9.17, 15) is 84.2 Å². The fourth-order valence-electron chi connectivity index (χ4n) is 5.95. The summed E-state index contributed by atoms with van der Waals surface area (Å²) in [5.41, 5.74) is 1.12. The van der Waals surface area contributed by atoms with Gasteiger partial charge in [-0.05, 0) is 30.5 Å². The van der Waals surface area contributed by atoms with Crippen LogP contribution in [0, 0.1) is 0 Å². The summed E-state index contributed by atoms with van der Waals surface area (Å²) in [7, 11) is 0. The van der Waals surface area contributed by atoms with E-state index in [-0.39, 0.29) is 48.4 Å². The number of nitrogens with zero attached hydrogens (tertiary/aromatic N) is 2. The lowest BCUT2D eigenvalue weighted by molar-refractivity contribution is -0.461. The lowest BCUT2D eigenvalue weighted by Crippen LogP contribution is -2.74. The number of hydrogen-bond donors (Lipinski definition) is 0. The van der Waals surface area contributed by atoms with Crippen LogP contribution in [0.4, 0.5) is 86.0 Å². The number of alkyl halides is 17. The van der Waals surface area contributed by atoms with E-state index in [2.05, 4.69) is 0 Å². The standard InChI is InChI=1S/C32H35F17N2O2S/c1-3-5-7-9-12-50-20-17-19-21(15-18(20)16-22(50)52)51(13-10-8-6-4-2)24(53)23(19)54-14-11-25(33,34)26(35,36)27(37,38)28(39,40)29(41,42)30(43,44)31(45,46)32(47,48)49/h15,17,23H,3-14,16H2,1-2H3. The monoisotopic (exact) mass is 834 g/mol. The highest BCUT2D eigenvalue weighted by Gasteiger charge is 2.95. The molecule has 0 fully saturated rings. The van der Waals surface area contributed by atoms with Gasteiger partial charge in [-0.15, -0.1) is 11.8 Å². The molecule has 0 saturated carbocycles. The normalized spacial score (nSPS) is 17.9. The third kappa shape index (κ3) is 7.57. The average molecular weight is 835 g/mol. The second-order valence-corrected chi connectivity index (χ2v) is 14.2. The predicted octanol–water partition coefficient (Wildman–Crippen LogP) is 11.3. The quantitative estimate of drug-likeness (QED) is 0.0971. The van der Waals surface area contributed by atoms with Crippen LogP contribution in [0.25, 0.3) is 0 Å². The summed E-state index contributed by atoms with van der Waals surface area (Å²) in [5.74, 6) is -59.4. The molecule has 0 aromatic heterocycles. The van der Waals surface area contributed by atoms with Crippen molar-refractivity contribution >= 4 is 35.0 Å². The van der Waals surface area contributed by atoms with E-state index in [1.807, 2.05) is 13.8 Å². The fraction of sp³-hybridized carbons (Fsp3) is 0.750. The number of halogens is 17. The highest BCUT2D eigenvalue weighted by Crippen LogP contribution is 2.64. The molecule has 54 heavy (non-hydrogen) atoms. The van der Waals surface area contributed by atoms with Gasteiger partial charge < -0.3 is 9.80 Å². The van der Waals surface area contributed by atoms with Gasteiger partial charge in [0.1, 0.15) is 5.25 Å². The van der Waals surface area contributed by atoms with Crippen molar-refractivity contribution in [3.05, 3.63) is 23.3 Å². The molecule has 0 N–H and O–H groups in total. The predicted molar refractivity (Wildman–Crippen MR) is 164 cm³/mol. The molecule has 2 heterocycles. The van der Waals surface area contributed by atoms with Crippen LogP contribution in [-0.4, -0.2) is 78.3 Å². The van der Waals surface area contributed by atoms with Crippen LogP contribution < -0.4 is 9.80 Å². The fourth-order valence-corrected chi connectivity index (χ4v) is 7.20. The summed E-state index contributed by atoms with van der Waals surface area (Å²) in [6.07, 6.45) is -4.87. The molecule has 0 aliphatic carbocycles. The first kappa shape index (κ1) is 45.7. The van der Waals surface area contributed by atoms with Crippen LogP contribution in [0.3, 0.4) is 0 Å². The molecule has 3 rings (SSSR count). The lowest BCUT2D eigenvalue weighted by atomic mass is 9.88. The van der Waals surface area contributed by atoms with Gasteiger partial charge in [-0.25, -0.2) is 0 Å². The highest BCUT2D eigenvalue weighted by atomic mass is 32.2. The number of carbonyl (C=O) groups is 2. The number of thioether (sulfide) groups is 1. The van der Waals surface area contributed by atoms with Crippen molar-refractivity contribution in [3.8, 4) is 0 Å². The number of hydrogen-bond acceptors (Lipinski definition) is 3. The van der Waals surface area contributed by atoms with E-state index in [1.54, 1.807) is 0 Å². The molecule has 0 saturated heterocycles. The van der Waals surface area contributed by atoms with E-state index >= 15 is 0 Å². The molecule has 2 aliphatic heterocycles. The Hall–Kier alpha value is -2.68. The van der Waals surface area contributed by atoms with E-state index < -0.39 is 71.0 Å². The van der Waals surface area contributed by atoms with Crippen LogP contribution in [0.2, 0.25) is 0 Å². The molecule has 2 amide bonds. The Labute approximate surface area is 302 Å². The summed E-state index contributed by atoms with van der Waals surface area (Å²) < 4.78 is 233. The Morgan fingerprint density at radius 2 is 1.06 bits per heavy atom. The Morgan fingerprint density at radius 3 is 1.54 bits per heavy atom. The Kier molecular flexibility index (Phi) is 13.3. The smallest absolute Gasteiger partial charge is 0.312 e. The van der Waals surface area contributed by atoms with Crippen molar-refractivity contribution in [2.24, 2.45) is 0 Å². The maximum absolute atomic E-state index is 14.7. The molecule has 0 radical (unpaired) electrons. The molecule has 0 bridgehead atoms. The van der Waals surface area contributed by atoms with Gasteiger partial charge in [0.25, 0.3) is 0 Å². The average Bonchev–Trinajstić information content (AvgIpc) is 3.49. The van der Waals surface area contributed by atoms with Crippen LogP contribution in [0.15, 0.2) is 12.1 Å². The van der Waals surface area contributed by atoms with Gasteiger partial charge in [0.2, 0.25) is 11.8 Å². The SMILES string of the molecule is CCCCCCN1C(=O)Cc2cc3c(cc21)C(SCCC(F)(F)C(F)(F)C(F)(F)C(F)(F)C(F)(F)C(F)(F)C(F)(F)C(F)(F)F)C(=O)N3CCCCCC. The summed E-state index contributed by atoms with van der Waals surface area (Å²) in [4.78, 5) is 29.0. The molecule has 310 valence electrons. The molecule has 1 unspecified atom stereocenters. The number of unbranched alkanes of at least 4 members (excludes halogenated alkanes) is 6. The summed E-state index contributed by atoms with van der Waals surface area (Å²) in [6, 6.07) is 2.88. The van der Waals surface area contributed by atoms with Crippen LogP contribution in [0.1, 0.15) is 88.0 Å². The minimum absolute atomic E-state index is 0.0537. The Balaban J connectivity index is 1.92. The molecule has 2 aliphatic rings. The van der Waals surface area contributed by atoms with Crippen molar-refractivity contribution < 1.29 is 84.2 Å². The van der Waals surface area contributed by atoms with Gasteiger partial charge in [0, 0.05) is 42.2 Å². The van der Waals surface area contributed by atoms with Crippen molar-refractivity contribution in [2.75, 3.05) is 28.6 Å². The third-order valence-electron chi connectivity index (χ3n) is 9.18. The van der Waals surface area contributed by atoms with Crippen molar-refractivity contribution in [1.82, 2.24) is 0 Å². The largest absolute Gasteiger partial charge is 0.460 e. The topological polar surface area (TPSA) is 40.6 Å². The molecule has 4 nitrogen and oxygen atoms in total. The minimum atomic E-state index is -8.69. The lowest BCUT2D eigenvalue weighted by Gasteiger charge is -2.42. The van der Waals surface area contributed by atoms with Crippen LogP contribution >= 0.6 is 11.8 Å². The van der Waals surface area contributed by atoms with Gasteiger partial charge in [-0.2, -0.15) is 74.6 Å². The molecule has 1 atom stereocenters. The zero-order valence-electron chi connectivity index (χ0n) is 28.5. The zero-order valence-corrected chi connectivity index (χ0v) is 29.3. The van der Waals surface area contributed by atoms with Gasteiger partial charge in [0.15, 0.2) is 0 Å². The third-order valence-corrected chi connectivity index (χ3v) is 10.4. The van der Waals surface area contributed by atoms with Crippen LogP contribution in [-0.2, 0) is 16.0 Å². The van der Waals surface area contributed by atoms with Gasteiger partial charge in [-0.1, -0.05) is 52.4 Å². The number of fused-ring (bicyclic) bond motifs is 2. The zero-order chi connectivity index (χ0) is 41.5. The molecular weight excluding hydrogens is 799 g/mol.